The lowest BCUT2D eigenvalue weighted by atomic mass is 9.96. The molecule has 150 valence electrons. The first-order valence-electron chi connectivity index (χ1n) is 10.4. The number of hydrogen-bond donors (Lipinski definition) is 2. The van der Waals surface area contributed by atoms with Crippen LogP contribution in [0.3, 0.4) is 0 Å². The molecule has 1 aliphatic carbocycles. The molecule has 0 bridgehead atoms. The highest BCUT2D eigenvalue weighted by Crippen LogP contribution is 2.40. The smallest absolute Gasteiger partial charge is 0.239 e. The predicted octanol–water partition coefficient (Wildman–Crippen LogP) is 2.42. The Morgan fingerprint density at radius 2 is 2.00 bits per heavy atom. The summed E-state index contributed by atoms with van der Waals surface area (Å²) in [6.07, 6.45) is 8.00. The van der Waals surface area contributed by atoms with E-state index in [0.29, 0.717) is 18.5 Å². The second-order valence-corrected chi connectivity index (χ2v) is 7.98. The van der Waals surface area contributed by atoms with Gasteiger partial charge >= 0.3 is 0 Å². The molecule has 2 aliphatic rings. The highest BCUT2D eigenvalue weighted by molar-refractivity contribution is 5.91. The standard InChI is InChI=1S/C20H33N5O2/c1-3-4-10-21-20(27)17-8-12-24(13-9-17)14-19(26)23-18-7-11-22-25(18)15(2)16-5-6-16/h7,11,15-17H,3-6,8-10,12-14H2,1-2H3,(H,21,27)(H,23,26). The predicted molar refractivity (Wildman–Crippen MR) is 105 cm³/mol. The van der Waals surface area contributed by atoms with Crippen LogP contribution >= 0.6 is 0 Å². The van der Waals surface area contributed by atoms with Crippen LogP contribution in [-0.2, 0) is 9.59 Å². The molecule has 27 heavy (non-hydrogen) atoms. The third-order valence-corrected chi connectivity index (χ3v) is 5.78. The molecule has 2 heterocycles. The van der Waals surface area contributed by atoms with Crippen LogP contribution in [0.2, 0.25) is 0 Å². The topological polar surface area (TPSA) is 79.3 Å². The molecule has 1 atom stereocenters. The molecule has 2 fully saturated rings. The molecule has 1 unspecified atom stereocenters. The molecular weight excluding hydrogens is 342 g/mol. The van der Waals surface area contributed by atoms with E-state index >= 15 is 0 Å². The van der Waals surface area contributed by atoms with Gasteiger partial charge < -0.3 is 10.6 Å². The van der Waals surface area contributed by atoms with Gasteiger partial charge in [0.15, 0.2) is 0 Å². The second-order valence-electron chi connectivity index (χ2n) is 7.98. The van der Waals surface area contributed by atoms with E-state index in [1.54, 1.807) is 6.20 Å². The summed E-state index contributed by atoms with van der Waals surface area (Å²) in [6.45, 7) is 7.00. The molecule has 1 saturated heterocycles. The van der Waals surface area contributed by atoms with Gasteiger partial charge in [-0.2, -0.15) is 5.10 Å². The lowest BCUT2D eigenvalue weighted by Gasteiger charge is -2.30. The number of anilines is 1. The van der Waals surface area contributed by atoms with E-state index in [0.717, 1.165) is 51.1 Å². The van der Waals surface area contributed by atoms with Gasteiger partial charge in [0.2, 0.25) is 11.8 Å². The first-order chi connectivity index (χ1) is 13.1. The molecule has 1 aromatic rings. The second kappa shape index (κ2) is 9.35. The Labute approximate surface area is 161 Å². The highest BCUT2D eigenvalue weighted by atomic mass is 16.2. The van der Waals surface area contributed by atoms with Crippen LogP contribution in [0.5, 0.6) is 0 Å². The molecule has 0 spiro atoms. The van der Waals surface area contributed by atoms with Gasteiger partial charge in [-0.15, -0.1) is 0 Å². The van der Waals surface area contributed by atoms with Crippen molar-refractivity contribution in [3.05, 3.63) is 12.3 Å². The quantitative estimate of drug-likeness (QED) is 0.650. The van der Waals surface area contributed by atoms with Crippen LogP contribution in [-0.4, -0.2) is 52.7 Å². The molecule has 7 nitrogen and oxygen atoms in total. The van der Waals surface area contributed by atoms with E-state index in [1.165, 1.54) is 12.8 Å². The molecular formula is C20H33N5O2. The fraction of sp³-hybridized carbons (Fsp3) is 0.750. The zero-order valence-electron chi connectivity index (χ0n) is 16.6. The molecule has 0 radical (unpaired) electrons. The van der Waals surface area contributed by atoms with Gasteiger partial charge in [-0.3, -0.25) is 14.5 Å². The molecule has 0 aromatic carbocycles. The van der Waals surface area contributed by atoms with Gasteiger partial charge in [-0.05, 0) is 58.0 Å². The van der Waals surface area contributed by atoms with Gasteiger partial charge in [0, 0.05) is 18.5 Å². The SMILES string of the molecule is CCCCNC(=O)C1CCN(CC(=O)Nc2ccnn2C(C)C2CC2)CC1. The van der Waals surface area contributed by atoms with Crippen molar-refractivity contribution in [1.82, 2.24) is 20.0 Å². The zero-order chi connectivity index (χ0) is 19.2. The molecule has 1 aromatic heterocycles. The number of hydrogen-bond acceptors (Lipinski definition) is 4. The van der Waals surface area contributed by atoms with E-state index in [-0.39, 0.29) is 17.7 Å². The van der Waals surface area contributed by atoms with Crippen LogP contribution in [0, 0.1) is 11.8 Å². The van der Waals surface area contributed by atoms with Crippen molar-refractivity contribution in [3.63, 3.8) is 0 Å². The van der Waals surface area contributed by atoms with Crippen molar-refractivity contribution < 1.29 is 9.59 Å². The van der Waals surface area contributed by atoms with E-state index in [9.17, 15) is 9.59 Å². The Balaban J connectivity index is 1.41. The summed E-state index contributed by atoms with van der Waals surface area (Å²) in [5.74, 6) is 1.71. The van der Waals surface area contributed by atoms with Gasteiger partial charge in [0.1, 0.15) is 5.82 Å². The number of aromatic nitrogens is 2. The fourth-order valence-electron chi connectivity index (χ4n) is 3.79. The summed E-state index contributed by atoms with van der Waals surface area (Å²) in [7, 11) is 0. The lowest BCUT2D eigenvalue weighted by molar-refractivity contribution is -0.126. The lowest BCUT2D eigenvalue weighted by Crippen LogP contribution is -2.43. The molecule has 3 rings (SSSR count). The van der Waals surface area contributed by atoms with E-state index in [2.05, 4.69) is 34.5 Å². The number of rotatable bonds is 9. The van der Waals surface area contributed by atoms with E-state index in [1.807, 2.05) is 10.7 Å². The molecule has 1 aliphatic heterocycles. The van der Waals surface area contributed by atoms with Crippen molar-refractivity contribution in [2.45, 2.75) is 58.4 Å². The molecule has 1 saturated carbocycles. The van der Waals surface area contributed by atoms with Crippen LogP contribution in [0.1, 0.15) is 58.4 Å². The summed E-state index contributed by atoms with van der Waals surface area (Å²) in [4.78, 5) is 26.7. The number of nitrogens with zero attached hydrogens (tertiary/aromatic N) is 3. The molecule has 2 N–H and O–H groups in total. The van der Waals surface area contributed by atoms with Crippen molar-refractivity contribution in [2.24, 2.45) is 11.8 Å². The first-order valence-corrected chi connectivity index (χ1v) is 10.4. The Hall–Kier alpha value is -1.89. The largest absolute Gasteiger partial charge is 0.356 e. The van der Waals surface area contributed by atoms with E-state index < -0.39 is 0 Å². The Kier molecular flexibility index (Phi) is 6.88. The van der Waals surface area contributed by atoms with Gasteiger partial charge in [0.25, 0.3) is 0 Å². The van der Waals surface area contributed by atoms with Crippen molar-refractivity contribution in [2.75, 3.05) is 31.5 Å². The number of piperidine rings is 1. The maximum Gasteiger partial charge on any atom is 0.239 e. The first kappa shape index (κ1) is 19.9. The minimum atomic E-state index is -0.00871. The summed E-state index contributed by atoms with van der Waals surface area (Å²) in [6, 6.07) is 2.20. The number of amides is 2. The third kappa shape index (κ3) is 5.54. The van der Waals surface area contributed by atoms with Crippen LogP contribution in [0.25, 0.3) is 0 Å². The summed E-state index contributed by atoms with van der Waals surface area (Å²) in [5.41, 5.74) is 0. The highest BCUT2D eigenvalue weighted by Gasteiger charge is 2.31. The third-order valence-electron chi connectivity index (χ3n) is 5.78. The Morgan fingerprint density at radius 1 is 1.26 bits per heavy atom. The van der Waals surface area contributed by atoms with Crippen molar-refractivity contribution >= 4 is 17.6 Å². The summed E-state index contributed by atoms with van der Waals surface area (Å²) < 4.78 is 1.93. The maximum atomic E-state index is 12.5. The Bertz CT molecular complexity index is 632. The van der Waals surface area contributed by atoms with Crippen molar-refractivity contribution in [1.29, 1.82) is 0 Å². The number of carbonyl (C=O) groups is 2. The molecule has 2 amide bonds. The average Bonchev–Trinajstić information content (AvgIpc) is 3.41. The monoisotopic (exact) mass is 375 g/mol. The minimum Gasteiger partial charge on any atom is -0.356 e. The van der Waals surface area contributed by atoms with Crippen LogP contribution < -0.4 is 10.6 Å². The van der Waals surface area contributed by atoms with Gasteiger partial charge in [-0.1, -0.05) is 13.3 Å². The minimum absolute atomic E-state index is 0.00871. The normalized spacial score (nSPS) is 19.6. The number of unbranched alkanes of at least 4 members (excludes halogenated alkanes) is 1. The number of carbonyl (C=O) groups excluding carboxylic acids is 2. The fourth-order valence-corrected chi connectivity index (χ4v) is 3.79. The van der Waals surface area contributed by atoms with E-state index in [4.69, 9.17) is 0 Å². The van der Waals surface area contributed by atoms with Crippen LogP contribution in [0.4, 0.5) is 5.82 Å². The maximum absolute atomic E-state index is 12.5. The molecule has 7 heteroatoms. The van der Waals surface area contributed by atoms with Crippen LogP contribution in [0.15, 0.2) is 12.3 Å². The van der Waals surface area contributed by atoms with Crippen molar-refractivity contribution in [3.8, 4) is 0 Å². The number of nitrogens with one attached hydrogen (secondary N) is 2. The average molecular weight is 376 g/mol. The Morgan fingerprint density at radius 3 is 2.67 bits per heavy atom. The number of likely N-dealkylation sites (tertiary alicyclic amines) is 1. The summed E-state index contributed by atoms with van der Waals surface area (Å²) >= 11 is 0. The van der Waals surface area contributed by atoms with Gasteiger partial charge in [0.05, 0.1) is 18.8 Å². The summed E-state index contributed by atoms with van der Waals surface area (Å²) in [5, 5.41) is 10.4. The van der Waals surface area contributed by atoms with Gasteiger partial charge in [-0.25, -0.2) is 4.68 Å². The zero-order valence-corrected chi connectivity index (χ0v) is 16.6.